The van der Waals surface area contributed by atoms with Crippen molar-refractivity contribution in [1.29, 1.82) is 0 Å². The Bertz CT molecular complexity index is 448. The minimum atomic E-state index is -0.346. The summed E-state index contributed by atoms with van der Waals surface area (Å²) in [7, 11) is 0. The lowest BCUT2D eigenvalue weighted by atomic mass is 10.1. The molecule has 1 atom stereocenters. The van der Waals surface area contributed by atoms with E-state index < -0.39 is 0 Å². The van der Waals surface area contributed by atoms with Gasteiger partial charge in [0.25, 0.3) is 0 Å². The van der Waals surface area contributed by atoms with Crippen molar-refractivity contribution in [2.75, 3.05) is 19.6 Å². The molecule has 2 nitrogen and oxygen atoms in total. The van der Waals surface area contributed by atoms with E-state index in [2.05, 4.69) is 10.2 Å². The van der Waals surface area contributed by atoms with Gasteiger partial charge in [-0.15, -0.1) is 0 Å². The summed E-state index contributed by atoms with van der Waals surface area (Å²) in [5.74, 6) is 0.415. The summed E-state index contributed by atoms with van der Waals surface area (Å²) in [6.07, 6.45) is 4.09. The van der Waals surface area contributed by atoms with E-state index in [-0.39, 0.29) is 10.8 Å². The molecular formula is C15H20ClFN2. The van der Waals surface area contributed by atoms with Crippen molar-refractivity contribution in [2.45, 2.75) is 31.8 Å². The number of rotatable bonds is 5. The van der Waals surface area contributed by atoms with Gasteiger partial charge in [0, 0.05) is 19.1 Å². The SMILES string of the molecule is Fc1ccc(CNCC2CCN(C3CC3)C2)cc1Cl. The van der Waals surface area contributed by atoms with Gasteiger partial charge in [0.2, 0.25) is 0 Å². The topological polar surface area (TPSA) is 15.3 Å². The van der Waals surface area contributed by atoms with E-state index >= 15 is 0 Å². The molecular weight excluding hydrogens is 263 g/mol. The molecule has 3 rings (SSSR count). The van der Waals surface area contributed by atoms with Crippen LogP contribution in [0.25, 0.3) is 0 Å². The molecule has 1 aromatic rings. The van der Waals surface area contributed by atoms with Gasteiger partial charge < -0.3 is 10.2 Å². The van der Waals surface area contributed by atoms with E-state index in [0.29, 0.717) is 0 Å². The minimum Gasteiger partial charge on any atom is -0.312 e. The summed E-state index contributed by atoms with van der Waals surface area (Å²) >= 11 is 5.77. The summed E-state index contributed by atoms with van der Waals surface area (Å²) in [4.78, 5) is 2.63. The summed E-state index contributed by atoms with van der Waals surface area (Å²) in [5.41, 5.74) is 1.04. The fraction of sp³-hybridized carbons (Fsp3) is 0.600. The summed E-state index contributed by atoms with van der Waals surface area (Å²) in [6.45, 7) is 4.30. The molecule has 0 aromatic heterocycles. The molecule has 19 heavy (non-hydrogen) atoms. The van der Waals surface area contributed by atoms with E-state index in [9.17, 15) is 4.39 Å². The highest BCUT2D eigenvalue weighted by atomic mass is 35.5. The highest BCUT2D eigenvalue weighted by Crippen LogP contribution is 2.31. The highest BCUT2D eigenvalue weighted by molar-refractivity contribution is 6.30. The number of nitrogens with zero attached hydrogens (tertiary/aromatic N) is 1. The third-order valence-electron chi connectivity index (χ3n) is 4.13. The molecule has 1 unspecified atom stereocenters. The first-order chi connectivity index (χ1) is 9.22. The Labute approximate surface area is 118 Å². The zero-order valence-electron chi connectivity index (χ0n) is 11.0. The summed E-state index contributed by atoms with van der Waals surface area (Å²) in [5, 5.41) is 3.67. The lowest BCUT2D eigenvalue weighted by Gasteiger charge is -2.15. The van der Waals surface area contributed by atoms with Gasteiger partial charge in [0.15, 0.2) is 0 Å². The first-order valence-electron chi connectivity index (χ1n) is 7.11. The monoisotopic (exact) mass is 282 g/mol. The third-order valence-corrected chi connectivity index (χ3v) is 4.42. The van der Waals surface area contributed by atoms with Crippen molar-refractivity contribution < 1.29 is 4.39 Å². The zero-order valence-corrected chi connectivity index (χ0v) is 11.8. The summed E-state index contributed by atoms with van der Waals surface area (Å²) < 4.78 is 13.0. The van der Waals surface area contributed by atoms with Gasteiger partial charge in [0.05, 0.1) is 5.02 Å². The largest absolute Gasteiger partial charge is 0.312 e. The third kappa shape index (κ3) is 3.47. The Morgan fingerprint density at radius 3 is 2.89 bits per heavy atom. The molecule has 1 N–H and O–H groups in total. The van der Waals surface area contributed by atoms with Crippen LogP contribution in [0.5, 0.6) is 0 Å². The van der Waals surface area contributed by atoms with Crippen molar-refractivity contribution in [3.05, 3.63) is 34.6 Å². The number of nitrogens with one attached hydrogen (secondary N) is 1. The van der Waals surface area contributed by atoms with Crippen LogP contribution in [0.3, 0.4) is 0 Å². The first-order valence-corrected chi connectivity index (χ1v) is 7.49. The Balaban J connectivity index is 1.41. The molecule has 1 aromatic carbocycles. The molecule has 1 saturated carbocycles. The van der Waals surface area contributed by atoms with Gasteiger partial charge in [-0.1, -0.05) is 17.7 Å². The summed E-state index contributed by atoms with van der Waals surface area (Å²) in [6, 6.07) is 5.82. The molecule has 1 aliphatic carbocycles. The zero-order chi connectivity index (χ0) is 13.2. The van der Waals surface area contributed by atoms with Crippen LogP contribution in [-0.4, -0.2) is 30.6 Å². The van der Waals surface area contributed by atoms with Crippen LogP contribution in [0, 0.1) is 11.7 Å². The molecule has 0 radical (unpaired) electrons. The highest BCUT2D eigenvalue weighted by Gasteiger charge is 2.33. The second-order valence-electron chi connectivity index (χ2n) is 5.76. The van der Waals surface area contributed by atoms with Crippen molar-refractivity contribution in [1.82, 2.24) is 10.2 Å². The van der Waals surface area contributed by atoms with Crippen LogP contribution >= 0.6 is 11.6 Å². The Morgan fingerprint density at radius 1 is 1.32 bits per heavy atom. The Morgan fingerprint density at radius 2 is 2.16 bits per heavy atom. The van der Waals surface area contributed by atoms with E-state index in [4.69, 9.17) is 11.6 Å². The Hall–Kier alpha value is -0.640. The van der Waals surface area contributed by atoms with Crippen molar-refractivity contribution in [2.24, 2.45) is 5.92 Å². The fourth-order valence-corrected chi connectivity index (χ4v) is 3.07. The minimum absolute atomic E-state index is 0.208. The smallest absolute Gasteiger partial charge is 0.141 e. The van der Waals surface area contributed by atoms with Crippen LogP contribution in [0.1, 0.15) is 24.8 Å². The van der Waals surface area contributed by atoms with E-state index in [1.807, 2.05) is 0 Å². The van der Waals surface area contributed by atoms with Crippen LogP contribution in [0.2, 0.25) is 5.02 Å². The second-order valence-corrected chi connectivity index (χ2v) is 6.17. The van der Waals surface area contributed by atoms with E-state index in [0.717, 1.165) is 30.6 Å². The maximum Gasteiger partial charge on any atom is 0.141 e. The molecule has 1 heterocycles. The second kappa shape index (κ2) is 5.78. The number of likely N-dealkylation sites (tertiary alicyclic amines) is 1. The Kier molecular flexibility index (Phi) is 4.06. The van der Waals surface area contributed by atoms with Gasteiger partial charge in [-0.25, -0.2) is 4.39 Å². The maximum atomic E-state index is 13.0. The van der Waals surface area contributed by atoms with Crippen LogP contribution in [-0.2, 0) is 6.54 Å². The van der Waals surface area contributed by atoms with Crippen LogP contribution < -0.4 is 5.32 Å². The van der Waals surface area contributed by atoms with Crippen molar-refractivity contribution in [3.8, 4) is 0 Å². The molecule has 0 spiro atoms. The quantitative estimate of drug-likeness (QED) is 0.893. The first kappa shape index (κ1) is 13.3. The van der Waals surface area contributed by atoms with Gasteiger partial charge >= 0.3 is 0 Å². The molecule has 1 aliphatic heterocycles. The standard InChI is InChI=1S/C15H20ClFN2/c16-14-7-11(1-4-15(14)17)8-18-9-12-5-6-19(10-12)13-2-3-13/h1,4,7,12-13,18H,2-3,5-6,8-10H2. The lowest BCUT2D eigenvalue weighted by molar-refractivity contribution is 0.312. The van der Waals surface area contributed by atoms with Gasteiger partial charge in [-0.05, 0) is 56.0 Å². The molecule has 2 aliphatic rings. The average molecular weight is 283 g/mol. The van der Waals surface area contributed by atoms with Gasteiger partial charge in [-0.2, -0.15) is 0 Å². The molecule has 4 heteroatoms. The van der Waals surface area contributed by atoms with Crippen LogP contribution in [0.4, 0.5) is 4.39 Å². The predicted octanol–water partition coefficient (Wildman–Crippen LogP) is 3.05. The number of benzene rings is 1. The van der Waals surface area contributed by atoms with E-state index in [1.165, 1.54) is 38.4 Å². The number of hydrogen-bond acceptors (Lipinski definition) is 2. The fourth-order valence-electron chi connectivity index (χ4n) is 2.87. The predicted molar refractivity (Wildman–Crippen MR) is 75.8 cm³/mol. The van der Waals surface area contributed by atoms with Gasteiger partial charge in [0.1, 0.15) is 5.82 Å². The number of hydrogen-bond donors (Lipinski definition) is 1. The molecule has 0 amide bonds. The molecule has 104 valence electrons. The molecule has 2 fully saturated rings. The average Bonchev–Trinajstić information content (AvgIpc) is 3.14. The lowest BCUT2D eigenvalue weighted by Crippen LogP contribution is -2.27. The van der Waals surface area contributed by atoms with Crippen molar-refractivity contribution >= 4 is 11.6 Å². The molecule has 0 bridgehead atoms. The number of halogens is 2. The van der Waals surface area contributed by atoms with Crippen molar-refractivity contribution in [3.63, 3.8) is 0 Å². The van der Waals surface area contributed by atoms with Crippen LogP contribution in [0.15, 0.2) is 18.2 Å². The normalized spacial score (nSPS) is 24.0. The maximum absolute atomic E-state index is 13.0. The molecule has 1 saturated heterocycles. The van der Waals surface area contributed by atoms with Gasteiger partial charge in [-0.3, -0.25) is 0 Å². The van der Waals surface area contributed by atoms with E-state index in [1.54, 1.807) is 12.1 Å².